The maximum absolute atomic E-state index is 10.1. The third-order valence-corrected chi connectivity index (χ3v) is 3.88. The van der Waals surface area contributed by atoms with Crippen molar-refractivity contribution in [2.45, 2.75) is 6.54 Å². The van der Waals surface area contributed by atoms with E-state index in [-0.39, 0.29) is 11.7 Å². The number of rotatable bonds is 3. The van der Waals surface area contributed by atoms with Crippen molar-refractivity contribution >= 4 is 23.2 Å². The average Bonchev–Trinajstić information content (AvgIpc) is 2.98. The van der Waals surface area contributed by atoms with Gasteiger partial charge in [-0.15, -0.1) is 0 Å². The van der Waals surface area contributed by atoms with Gasteiger partial charge in [-0.05, 0) is 35.9 Å². The fraction of sp³-hybridized carbons (Fsp3) is 0.0556. The van der Waals surface area contributed by atoms with Crippen molar-refractivity contribution < 1.29 is 5.11 Å². The van der Waals surface area contributed by atoms with E-state index in [1.54, 1.807) is 24.4 Å². The van der Waals surface area contributed by atoms with Gasteiger partial charge < -0.3 is 16.2 Å². The molecule has 4 rings (SSSR count). The quantitative estimate of drug-likeness (QED) is 0.690. The van der Waals surface area contributed by atoms with Gasteiger partial charge in [-0.2, -0.15) is 4.98 Å². The van der Waals surface area contributed by atoms with Gasteiger partial charge in [0.15, 0.2) is 0 Å². The molecule has 0 radical (unpaired) electrons. The summed E-state index contributed by atoms with van der Waals surface area (Å²) in [5.41, 5.74) is 10.1. The molecule has 0 saturated carbocycles. The Morgan fingerprint density at radius 2 is 1.92 bits per heavy atom. The van der Waals surface area contributed by atoms with Crippen LogP contribution in [0.5, 0.6) is 5.75 Å². The van der Waals surface area contributed by atoms with Crippen LogP contribution in [-0.2, 0) is 6.54 Å². The van der Waals surface area contributed by atoms with Crippen molar-refractivity contribution in [3.8, 4) is 5.75 Å². The van der Waals surface area contributed by atoms with Crippen molar-refractivity contribution in [3.05, 3.63) is 71.4 Å². The number of nitrogens with one attached hydrogen (secondary N) is 1. The molecule has 2 aromatic carbocycles. The van der Waals surface area contributed by atoms with E-state index in [2.05, 4.69) is 20.3 Å². The van der Waals surface area contributed by atoms with Gasteiger partial charge in [0, 0.05) is 23.0 Å². The molecule has 118 valence electrons. The van der Waals surface area contributed by atoms with Gasteiger partial charge in [-0.1, -0.05) is 18.2 Å². The summed E-state index contributed by atoms with van der Waals surface area (Å²) in [6.07, 6.45) is 1.60. The number of aliphatic imine (C=N–C) groups is 1. The number of fused-ring (bicyclic) bond motifs is 1. The molecule has 6 nitrogen and oxygen atoms in total. The third-order valence-electron chi connectivity index (χ3n) is 3.88. The predicted molar refractivity (Wildman–Crippen MR) is 93.6 cm³/mol. The van der Waals surface area contributed by atoms with Gasteiger partial charge in [-0.3, -0.25) is 4.99 Å². The van der Waals surface area contributed by atoms with Gasteiger partial charge in [0.05, 0.1) is 12.3 Å². The number of hydrogen-bond donors (Lipinski definition) is 3. The van der Waals surface area contributed by atoms with Gasteiger partial charge >= 0.3 is 0 Å². The fourth-order valence-electron chi connectivity index (χ4n) is 2.76. The molecule has 1 aliphatic heterocycles. The Bertz CT molecular complexity index is 952. The zero-order chi connectivity index (χ0) is 16.5. The summed E-state index contributed by atoms with van der Waals surface area (Å²) in [6, 6.07) is 15.0. The lowest BCUT2D eigenvalue weighted by Gasteiger charge is -2.10. The van der Waals surface area contributed by atoms with E-state index in [1.807, 2.05) is 30.3 Å². The summed E-state index contributed by atoms with van der Waals surface area (Å²) >= 11 is 0. The second-order valence-corrected chi connectivity index (χ2v) is 5.48. The fourth-order valence-corrected chi connectivity index (χ4v) is 2.76. The van der Waals surface area contributed by atoms with Crippen molar-refractivity contribution in [1.82, 2.24) is 9.97 Å². The number of nitrogen functional groups attached to an aromatic ring is 1. The first kappa shape index (κ1) is 14.2. The van der Waals surface area contributed by atoms with Crippen LogP contribution in [-0.4, -0.2) is 20.8 Å². The van der Waals surface area contributed by atoms with Crippen LogP contribution in [0.4, 0.5) is 17.5 Å². The first-order chi connectivity index (χ1) is 11.7. The molecular formula is C18H15N5O. The smallest absolute Gasteiger partial charge is 0.221 e. The van der Waals surface area contributed by atoms with Crippen molar-refractivity contribution in [2.75, 3.05) is 11.1 Å². The normalized spacial score (nSPS) is 12.6. The molecule has 0 spiro atoms. The lowest BCUT2D eigenvalue weighted by molar-refractivity contribution is 0.474. The highest BCUT2D eigenvalue weighted by molar-refractivity contribution is 6.16. The molecule has 3 aromatic rings. The maximum atomic E-state index is 10.1. The Morgan fingerprint density at radius 1 is 1.04 bits per heavy atom. The van der Waals surface area contributed by atoms with E-state index < -0.39 is 0 Å². The van der Waals surface area contributed by atoms with E-state index in [4.69, 9.17) is 5.73 Å². The molecule has 0 atom stereocenters. The molecule has 2 heterocycles. The Kier molecular flexibility index (Phi) is 3.35. The summed E-state index contributed by atoms with van der Waals surface area (Å²) in [5, 5.41) is 13.3. The molecule has 0 saturated heterocycles. The summed E-state index contributed by atoms with van der Waals surface area (Å²) in [6.45, 7) is 0.611. The van der Waals surface area contributed by atoms with Gasteiger partial charge in [0.2, 0.25) is 5.95 Å². The predicted octanol–water partition coefficient (Wildman–Crippen LogP) is 2.86. The molecule has 24 heavy (non-hydrogen) atoms. The standard InChI is InChI=1S/C18H15N5O/c19-18-20-8-7-16(23-18)22-12-6-5-11-10-21-17(14(11)9-12)13-3-1-2-4-15(13)24/h1-9,24H,10H2,(H3,19,20,22,23). The SMILES string of the molecule is Nc1nccc(Nc2ccc3c(c2)C(c2ccccc2O)=NC3)n1. The van der Waals surface area contributed by atoms with Crippen LogP contribution in [0.3, 0.4) is 0 Å². The molecule has 1 aliphatic rings. The van der Waals surface area contributed by atoms with E-state index in [1.165, 1.54) is 0 Å². The maximum Gasteiger partial charge on any atom is 0.221 e. The lowest BCUT2D eigenvalue weighted by Crippen LogP contribution is -2.03. The van der Waals surface area contributed by atoms with E-state index in [0.717, 1.165) is 28.1 Å². The summed E-state index contributed by atoms with van der Waals surface area (Å²) in [4.78, 5) is 12.6. The van der Waals surface area contributed by atoms with Crippen LogP contribution in [0.15, 0.2) is 59.7 Å². The highest BCUT2D eigenvalue weighted by Gasteiger charge is 2.20. The van der Waals surface area contributed by atoms with Gasteiger partial charge in [0.1, 0.15) is 11.6 Å². The molecule has 4 N–H and O–H groups in total. The molecular weight excluding hydrogens is 302 g/mol. The number of para-hydroxylation sites is 1. The van der Waals surface area contributed by atoms with Crippen LogP contribution >= 0.6 is 0 Å². The zero-order valence-corrected chi connectivity index (χ0v) is 12.8. The summed E-state index contributed by atoms with van der Waals surface area (Å²) < 4.78 is 0. The molecule has 0 fully saturated rings. The van der Waals surface area contributed by atoms with Gasteiger partial charge in [0.25, 0.3) is 0 Å². The van der Waals surface area contributed by atoms with Crippen LogP contribution in [0.2, 0.25) is 0 Å². The van der Waals surface area contributed by atoms with Crippen LogP contribution in [0.1, 0.15) is 16.7 Å². The second kappa shape index (κ2) is 5.66. The second-order valence-electron chi connectivity index (χ2n) is 5.48. The number of nitrogens with two attached hydrogens (primary N) is 1. The Balaban J connectivity index is 1.69. The Labute approximate surface area is 138 Å². The summed E-state index contributed by atoms with van der Waals surface area (Å²) in [5.74, 6) is 1.07. The topological polar surface area (TPSA) is 96.4 Å². The zero-order valence-electron chi connectivity index (χ0n) is 12.8. The first-order valence-electron chi connectivity index (χ1n) is 7.52. The van der Waals surface area contributed by atoms with Gasteiger partial charge in [-0.25, -0.2) is 4.98 Å². The minimum atomic E-state index is 0.220. The van der Waals surface area contributed by atoms with E-state index in [0.29, 0.717) is 12.4 Å². The number of hydrogen-bond acceptors (Lipinski definition) is 6. The highest BCUT2D eigenvalue weighted by Crippen LogP contribution is 2.30. The number of phenolic OH excluding ortho intramolecular Hbond substituents is 1. The molecule has 0 bridgehead atoms. The molecule has 1 aromatic heterocycles. The lowest BCUT2D eigenvalue weighted by atomic mass is 9.99. The van der Waals surface area contributed by atoms with Crippen molar-refractivity contribution in [3.63, 3.8) is 0 Å². The van der Waals surface area contributed by atoms with Crippen molar-refractivity contribution in [2.24, 2.45) is 4.99 Å². The third kappa shape index (κ3) is 2.54. The van der Waals surface area contributed by atoms with E-state index in [9.17, 15) is 5.11 Å². The average molecular weight is 317 g/mol. The molecule has 0 amide bonds. The molecule has 0 unspecified atom stereocenters. The minimum absolute atomic E-state index is 0.220. The van der Waals surface area contributed by atoms with Crippen molar-refractivity contribution in [1.29, 1.82) is 0 Å². The largest absolute Gasteiger partial charge is 0.507 e. The van der Waals surface area contributed by atoms with Crippen LogP contribution in [0.25, 0.3) is 0 Å². The molecule has 0 aliphatic carbocycles. The van der Waals surface area contributed by atoms with E-state index >= 15 is 0 Å². The van der Waals surface area contributed by atoms with Crippen LogP contribution in [0, 0.1) is 0 Å². The number of aromatic nitrogens is 2. The number of phenols is 1. The minimum Gasteiger partial charge on any atom is -0.507 e. The first-order valence-corrected chi connectivity index (χ1v) is 7.52. The van der Waals surface area contributed by atoms with Crippen LogP contribution < -0.4 is 11.1 Å². The number of nitrogens with zero attached hydrogens (tertiary/aromatic N) is 3. The number of aromatic hydroxyl groups is 1. The Morgan fingerprint density at radius 3 is 2.75 bits per heavy atom. The molecule has 6 heteroatoms. The monoisotopic (exact) mass is 317 g/mol. The Hall–Kier alpha value is -3.41. The number of benzene rings is 2. The highest BCUT2D eigenvalue weighted by atomic mass is 16.3. The summed E-state index contributed by atoms with van der Waals surface area (Å²) in [7, 11) is 0. The number of anilines is 3.